The van der Waals surface area contributed by atoms with Gasteiger partial charge in [0.05, 0.1) is 12.7 Å². The molecule has 1 N–H and O–H groups in total. The Bertz CT molecular complexity index is 813. The molecule has 132 valence electrons. The largest absolute Gasteiger partial charge is 0.493 e. The van der Waals surface area contributed by atoms with Gasteiger partial charge in [-0.2, -0.15) is 0 Å². The standard InChI is InChI=1S/C17H18N2O6/c1-9-4-11-6-12(7-13(22-3)16(11)24-9)17(21)23-8-15(20)18-14-5-10(2)25-19-14/h5-7,9H,4,8H2,1-3H3,(H,18,19,20)/t9-/m1/s1. The molecule has 0 bridgehead atoms. The number of anilines is 1. The monoisotopic (exact) mass is 346 g/mol. The van der Waals surface area contributed by atoms with Crippen LogP contribution in [0.4, 0.5) is 5.82 Å². The molecule has 0 spiro atoms. The molecular weight excluding hydrogens is 328 g/mol. The number of methoxy groups -OCH3 is 1. The van der Waals surface area contributed by atoms with Gasteiger partial charge in [0.2, 0.25) is 0 Å². The Morgan fingerprint density at radius 3 is 2.84 bits per heavy atom. The molecule has 0 fully saturated rings. The number of nitrogens with one attached hydrogen (secondary N) is 1. The summed E-state index contributed by atoms with van der Waals surface area (Å²) in [7, 11) is 1.50. The van der Waals surface area contributed by atoms with Gasteiger partial charge in [-0.05, 0) is 26.0 Å². The van der Waals surface area contributed by atoms with Crippen LogP contribution in [0.15, 0.2) is 22.7 Å². The summed E-state index contributed by atoms with van der Waals surface area (Å²) in [5, 5.41) is 6.11. The molecule has 0 saturated heterocycles. The zero-order valence-corrected chi connectivity index (χ0v) is 14.1. The van der Waals surface area contributed by atoms with Crippen molar-refractivity contribution in [3.05, 3.63) is 35.1 Å². The molecule has 1 aliphatic heterocycles. The van der Waals surface area contributed by atoms with Gasteiger partial charge in [-0.25, -0.2) is 4.79 Å². The Labute approximate surface area is 144 Å². The lowest BCUT2D eigenvalue weighted by molar-refractivity contribution is -0.119. The lowest BCUT2D eigenvalue weighted by atomic mass is 10.1. The number of esters is 1. The molecule has 1 atom stereocenters. The number of aromatic nitrogens is 1. The van der Waals surface area contributed by atoms with Gasteiger partial charge in [-0.1, -0.05) is 5.16 Å². The minimum absolute atomic E-state index is 0.0202. The Morgan fingerprint density at radius 2 is 2.16 bits per heavy atom. The quantitative estimate of drug-likeness (QED) is 0.828. The minimum Gasteiger partial charge on any atom is -0.493 e. The third-order valence-corrected chi connectivity index (χ3v) is 3.64. The first-order valence-corrected chi connectivity index (χ1v) is 7.74. The van der Waals surface area contributed by atoms with Gasteiger partial charge in [0, 0.05) is 18.1 Å². The number of ether oxygens (including phenoxy) is 3. The average Bonchev–Trinajstić information content (AvgIpc) is 3.15. The maximum Gasteiger partial charge on any atom is 0.338 e. The van der Waals surface area contributed by atoms with Crippen LogP contribution in [0.25, 0.3) is 0 Å². The summed E-state index contributed by atoms with van der Waals surface area (Å²) >= 11 is 0. The van der Waals surface area contributed by atoms with E-state index in [-0.39, 0.29) is 11.9 Å². The highest BCUT2D eigenvalue weighted by Crippen LogP contribution is 2.39. The molecule has 3 rings (SSSR count). The van der Waals surface area contributed by atoms with Gasteiger partial charge in [-0.3, -0.25) is 4.79 Å². The van der Waals surface area contributed by atoms with Crippen molar-refractivity contribution in [3.63, 3.8) is 0 Å². The van der Waals surface area contributed by atoms with Crippen molar-refractivity contribution < 1.29 is 28.3 Å². The number of hydrogen-bond donors (Lipinski definition) is 1. The fraction of sp³-hybridized carbons (Fsp3) is 0.353. The molecule has 1 aliphatic rings. The van der Waals surface area contributed by atoms with Crippen molar-refractivity contribution in [1.29, 1.82) is 0 Å². The number of carbonyl (C=O) groups is 2. The summed E-state index contributed by atoms with van der Waals surface area (Å²) in [6, 6.07) is 4.80. The van der Waals surface area contributed by atoms with Gasteiger partial charge >= 0.3 is 5.97 Å². The number of fused-ring (bicyclic) bond motifs is 1. The Kier molecular flexibility index (Phi) is 4.60. The predicted octanol–water partition coefficient (Wildman–Crippen LogP) is 2.11. The van der Waals surface area contributed by atoms with Crippen molar-refractivity contribution in [1.82, 2.24) is 5.16 Å². The van der Waals surface area contributed by atoms with Crippen LogP contribution >= 0.6 is 0 Å². The maximum absolute atomic E-state index is 12.2. The number of rotatable bonds is 5. The topological polar surface area (TPSA) is 99.9 Å². The number of hydrogen-bond acceptors (Lipinski definition) is 7. The third-order valence-electron chi connectivity index (χ3n) is 3.64. The van der Waals surface area contributed by atoms with Gasteiger partial charge in [0.1, 0.15) is 11.9 Å². The Hall–Kier alpha value is -3.03. The third kappa shape index (κ3) is 3.73. The van der Waals surface area contributed by atoms with E-state index in [1.54, 1.807) is 19.1 Å². The SMILES string of the molecule is COc1cc(C(=O)OCC(=O)Nc2cc(C)on2)cc2c1O[C@H](C)C2. The van der Waals surface area contributed by atoms with Crippen LogP contribution in [0.3, 0.4) is 0 Å². The molecule has 8 heteroatoms. The van der Waals surface area contributed by atoms with Gasteiger partial charge < -0.3 is 24.1 Å². The van der Waals surface area contributed by atoms with Crippen LogP contribution < -0.4 is 14.8 Å². The zero-order chi connectivity index (χ0) is 18.0. The number of amides is 1. The van der Waals surface area contributed by atoms with Crippen molar-refractivity contribution in [2.75, 3.05) is 19.0 Å². The van der Waals surface area contributed by atoms with E-state index >= 15 is 0 Å². The molecule has 25 heavy (non-hydrogen) atoms. The number of aryl methyl sites for hydroxylation is 1. The molecule has 0 aliphatic carbocycles. The summed E-state index contributed by atoms with van der Waals surface area (Å²) < 4.78 is 20.8. The zero-order valence-electron chi connectivity index (χ0n) is 14.1. The van der Waals surface area contributed by atoms with Crippen LogP contribution in [0.2, 0.25) is 0 Å². The number of nitrogens with zero attached hydrogens (tertiary/aromatic N) is 1. The molecule has 2 heterocycles. The van der Waals surface area contributed by atoms with Gasteiger partial charge in [0.15, 0.2) is 23.9 Å². The first-order valence-electron chi connectivity index (χ1n) is 7.74. The number of carbonyl (C=O) groups excluding carboxylic acids is 2. The van der Waals surface area contributed by atoms with Crippen LogP contribution in [-0.2, 0) is 16.0 Å². The van der Waals surface area contributed by atoms with E-state index in [2.05, 4.69) is 10.5 Å². The lowest BCUT2D eigenvalue weighted by Gasteiger charge is -2.10. The Balaban J connectivity index is 1.63. The summed E-state index contributed by atoms with van der Waals surface area (Å²) in [4.78, 5) is 24.0. The summed E-state index contributed by atoms with van der Waals surface area (Å²) in [6.45, 7) is 3.21. The van der Waals surface area contributed by atoms with E-state index in [1.165, 1.54) is 13.2 Å². The van der Waals surface area contributed by atoms with E-state index in [0.717, 1.165) is 5.56 Å². The first kappa shape index (κ1) is 16.8. The highest BCUT2D eigenvalue weighted by molar-refractivity contribution is 5.95. The van der Waals surface area contributed by atoms with E-state index in [0.29, 0.717) is 29.2 Å². The fourth-order valence-corrected chi connectivity index (χ4v) is 2.59. The molecule has 1 amide bonds. The van der Waals surface area contributed by atoms with Crippen molar-refractivity contribution in [2.45, 2.75) is 26.4 Å². The minimum atomic E-state index is -0.618. The van der Waals surface area contributed by atoms with E-state index < -0.39 is 18.5 Å². The Morgan fingerprint density at radius 1 is 1.36 bits per heavy atom. The lowest BCUT2D eigenvalue weighted by Crippen LogP contribution is -2.21. The average molecular weight is 346 g/mol. The van der Waals surface area contributed by atoms with Crippen molar-refractivity contribution >= 4 is 17.7 Å². The van der Waals surface area contributed by atoms with Crippen LogP contribution in [0.1, 0.15) is 28.6 Å². The number of benzene rings is 1. The molecule has 1 aromatic heterocycles. The van der Waals surface area contributed by atoms with E-state index in [4.69, 9.17) is 18.7 Å². The first-order chi connectivity index (χ1) is 12.0. The predicted molar refractivity (Wildman–Crippen MR) is 86.9 cm³/mol. The van der Waals surface area contributed by atoms with Crippen molar-refractivity contribution in [3.8, 4) is 11.5 Å². The fourth-order valence-electron chi connectivity index (χ4n) is 2.59. The highest BCUT2D eigenvalue weighted by atomic mass is 16.5. The molecule has 0 radical (unpaired) electrons. The molecule has 0 saturated carbocycles. The summed E-state index contributed by atoms with van der Waals surface area (Å²) in [5.74, 6) is 0.818. The van der Waals surface area contributed by atoms with Gasteiger partial charge in [0.25, 0.3) is 5.91 Å². The second-order valence-corrected chi connectivity index (χ2v) is 5.75. The second-order valence-electron chi connectivity index (χ2n) is 5.75. The smallest absolute Gasteiger partial charge is 0.338 e. The summed E-state index contributed by atoms with van der Waals surface area (Å²) in [6.07, 6.45) is 0.700. The van der Waals surface area contributed by atoms with E-state index in [1.807, 2.05) is 6.92 Å². The van der Waals surface area contributed by atoms with Crippen LogP contribution in [0.5, 0.6) is 11.5 Å². The van der Waals surface area contributed by atoms with Gasteiger partial charge in [-0.15, -0.1) is 0 Å². The normalized spacial score (nSPS) is 15.2. The van der Waals surface area contributed by atoms with Crippen LogP contribution in [0, 0.1) is 6.92 Å². The molecule has 2 aromatic rings. The van der Waals surface area contributed by atoms with Crippen LogP contribution in [-0.4, -0.2) is 36.9 Å². The second kappa shape index (κ2) is 6.84. The molecule has 8 nitrogen and oxygen atoms in total. The summed E-state index contributed by atoms with van der Waals surface area (Å²) in [5.41, 5.74) is 1.18. The van der Waals surface area contributed by atoms with E-state index in [9.17, 15) is 9.59 Å². The molecule has 1 aromatic carbocycles. The highest BCUT2D eigenvalue weighted by Gasteiger charge is 2.25. The molecular formula is C17H18N2O6. The van der Waals surface area contributed by atoms with Crippen molar-refractivity contribution in [2.24, 2.45) is 0 Å². The molecule has 0 unspecified atom stereocenters. The maximum atomic E-state index is 12.2.